The van der Waals surface area contributed by atoms with E-state index in [0.717, 1.165) is 54.4 Å². The molecule has 126 valence electrons. The third-order valence-corrected chi connectivity index (χ3v) is 4.45. The predicted octanol–water partition coefficient (Wildman–Crippen LogP) is 1.68. The highest BCUT2D eigenvalue weighted by atomic mass is 16.7. The Balaban J connectivity index is 1.37. The van der Waals surface area contributed by atoms with E-state index in [9.17, 15) is 5.11 Å². The summed E-state index contributed by atoms with van der Waals surface area (Å²) in [5, 5.41) is 12.7. The highest BCUT2D eigenvalue weighted by Crippen LogP contribution is 2.36. The molecule has 2 heterocycles. The lowest BCUT2D eigenvalue weighted by Crippen LogP contribution is -2.27. The maximum Gasteiger partial charge on any atom is 0.231 e. The maximum atomic E-state index is 9.44. The molecule has 7 nitrogen and oxygen atoms in total. The van der Waals surface area contributed by atoms with Crippen LogP contribution in [0.1, 0.15) is 30.0 Å². The van der Waals surface area contributed by atoms with Crippen molar-refractivity contribution in [3.05, 3.63) is 35.5 Å². The smallest absolute Gasteiger partial charge is 0.231 e. The molecule has 1 aliphatic carbocycles. The number of hydrogen-bond acceptors (Lipinski definition) is 7. The van der Waals surface area contributed by atoms with Gasteiger partial charge >= 0.3 is 0 Å². The van der Waals surface area contributed by atoms with Gasteiger partial charge in [-0.25, -0.2) is 4.98 Å². The number of ether oxygens (including phenoxy) is 2. The minimum Gasteiger partial charge on any atom is -0.454 e. The summed E-state index contributed by atoms with van der Waals surface area (Å²) in [6, 6.07) is 7.89. The molecule has 1 aromatic heterocycles. The van der Waals surface area contributed by atoms with Gasteiger partial charge in [0, 0.05) is 18.5 Å². The van der Waals surface area contributed by atoms with Crippen LogP contribution in [-0.2, 0) is 6.42 Å². The maximum absolute atomic E-state index is 9.44. The van der Waals surface area contributed by atoms with Gasteiger partial charge in [-0.1, -0.05) is 6.07 Å². The van der Waals surface area contributed by atoms with Crippen molar-refractivity contribution in [1.29, 1.82) is 0 Å². The fourth-order valence-corrected chi connectivity index (χ4v) is 3.05. The number of benzene rings is 1. The molecule has 0 atom stereocenters. The molecule has 1 fully saturated rings. The zero-order chi connectivity index (χ0) is 16.5. The van der Waals surface area contributed by atoms with Crippen molar-refractivity contribution in [2.75, 3.05) is 24.4 Å². The van der Waals surface area contributed by atoms with Crippen LogP contribution >= 0.6 is 0 Å². The number of rotatable bonds is 5. The van der Waals surface area contributed by atoms with E-state index in [1.807, 2.05) is 24.3 Å². The van der Waals surface area contributed by atoms with Gasteiger partial charge in [-0.3, -0.25) is 0 Å². The van der Waals surface area contributed by atoms with Gasteiger partial charge in [-0.05, 0) is 37.0 Å². The largest absolute Gasteiger partial charge is 0.454 e. The molecule has 24 heavy (non-hydrogen) atoms. The van der Waals surface area contributed by atoms with E-state index < -0.39 is 0 Å². The topological polar surface area (TPSA) is 103 Å². The number of fused-ring (bicyclic) bond motifs is 1. The second-order valence-corrected chi connectivity index (χ2v) is 6.22. The van der Waals surface area contributed by atoms with Crippen LogP contribution in [0, 0.1) is 0 Å². The van der Waals surface area contributed by atoms with Gasteiger partial charge in [0.25, 0.3) is 0 Å². The Labute approximate surface area is 139 Å². The minimum atomic E-state index is -0.214. The lowest BCUT2D eigenvalue weighted by Gasteiger charge is -2.30. The van der Waals surface area contributed by atoms with Crippen LogP contribution in [0.15, 0.2) is 24.3 Å². The summed E-state index contributed by atoms with van der Waals surface area (Å²) in [4.78, 5) is 8.51. The van der Waals surface area contributed by atoms with E-state index in [-0.39, 0.29) is 24.8 Å². The summed E-state index contributed by atoms with van der Waals surface area (Å²) in [7, 11) is 0. The van der Waals surface area contributed by atoms with Crippen molar-refractivity contribution in [1.82, 2.24) is 9.97 Å². The van der Waals surface area contributed by atoms with Crippen LogP contribution in [-0.4, -0.2) is 34.5 Å². The van der Waals surface area contributed by atoms with Gasteiger partial charge in [0.2, 0.25) is 12.7 Å². The summed E-state index contributed by atoms with van der Waals surface area (Å²) >= 11 is 0. The lowest BCUT2D eigenvalue weighted by atomic mass is 9.80. The Kier molecular flexibility index (Phi) is 3.86. The minimum absolute atomic E-state index is 0.214. The number of aliphatic hydroxyl groups is 1. The number of anilines is 2. The van der Waals surface area contributed by atoms with E-state index >= 15 is 0 Å². The molecule has 2 aromatic rings. The van der Waals surface area contributed by atoms with Gasteiger partial charge in [0.05, 0.1) is 11.8 Å². The fourth-order valence-electron chi connectivity index (χ4n) is 3.05. The van der Waals surface area contributed by atoms with Gasteiger partial charge < -0.3 is 25.6 Å². The molecule has 4 N–H and O–H groups in total. The summed E-state index contributed by atoms with van der Waals surface area (Å²) in [5.74, 6) is 2.85. The highest BCUT2D eigenvalue weighted by Gasteiger charge is 2.30. The molecule has 4 rings (SSSR count). The lowest BCUT2D eigenvalue weighted by molar-refractivity contribution is 0.0732. The normalized spacial score (nSPS) is 21.4. The van der Waals surface area contributed by atoms with Gasteiger partial charge in [-0.2, -0.15) is 4.98 Å². The first kappa shape index (κ1) is 15.0. The first-order valence-electron chi connectivity index (χ1n) is 8.12. The Hall–Kier alpha value is -2.54. The van der Waals surface area contributed by atoms with Gasteiger partial charge in [0.15, 0.2) is 11.5 Å². The van der Waals surface area contributed by atoms with Crippen molar-refractivity contribution < 1.29 is 14.6 Å². The number of nitrogens with zero attached hydrogens (tertiary/aromatic N) is 2. The molecule has 7 heteroatoms. The summed E-state index contributed by atoms with van der Waals surface area (Å²) in [5.41, 5.74) is 7.86. The number of nitrogen functional groups attached to an aromatic ring is 1. The van der Waals surface area contributed by atoms with E-state index in [2.05, 4.69) is 15.3 Å². The van der Waals surface area contributed by atoms with E-state index in [1.165, 1.54) is 0 Å². The van der Waals surface area contributed by atoms with Crippen molar-refractivity contribution in [3.8, 4) is 11.5 Å². The first-order valence-corrected chi connectivity index (χ1v) is 8.12. The van der Waals surface area contributed by atoms with Crippen molar-refractivity contribution >= 4 is 11.8 Å². The van der Waals surface area contributed by atoms with Crippen LogP contribution in [0.25, 0.3) is 0 Å². The molecule has 1 aliphatic heterocycles. The molecule has 2 aliphatic rings. The molecule has 1 saturated carbocycles. The average Bonchev–Trinajstić information content (AvgIpc) is 2.99. The SMILES string of the molecule is Nc1nc(NCCc2ccc3c(c2)OCO3)cc(C2CC(O)C2)n1. The Bertz CT molecular complexity index is 747. The summed E-state index contributed by atoms with van der Waals surface area (Å²) in [6.07, 6.45) is 2.10. The van der Waals surface area contributed by atoms with Crippen molar-refractivity contribution in [3.63, 3.8) is 0 Å². The number of hydrogen-bond donors (Lipinski definition) is 3. The highest BCUT2D eigenvalue weighted by molar-refractivity contribution is 5.45. The van der Waals surface area contributed by atoms with E-state index in [4.69, 9.17) is 15.2 Å². The molecular weight excluding hydrogens is 308 g/mol. The Morgan fingerprint density at radius 1 is 1.17 bits per heavy atom. The van der Waals surface area contributed by atoms with Crippen molar-refractivity contribution in [2.24, 2.45) is 0 Å². The molecule has 1 aromatic carbocycles. The zero-order valence-corrected chi connectivity index (χ0v) is 13.2. The number of aliphatic hydroxyl groups excluding tert-OH is 1. The Morgan fingerprint density at radius 2 is 2.00 bits per heavy atom. The standard InChI is InChI=1S/C17H20N4O3/c18-17-20-13(11-6-12(22)7-11)8-16(21-17)19-4-3-10-1-2-14-15(5-10)24-9-23-14/h1-2,5,8,11-12,22H,3-4,6-7,9H2,(H3,18,19,20,21). The van der Waals surface area contributed by atoms with Crippen LogP contribution in [0.4, 0.5) is 11.8 Å². The summed E-state index contributed by atoms with van der Waals surface area (Å²) in [6.45, 7) is 1.01. The Morgan fingerprint density at radius 3 is 2.83 bits per heavy atom. The third-order valence-electron chi connectivity index (χ3n) is 4.45. The summed E-state index contributed by atoms with van der Waals surface area (Å²) < 4.78 is 10.7. The molecular formula is C17H20N4O3. The first-order chi connectivity index (χ1) is 11.7. The number of aromatic nitrogens is 2. The fraction of sp³-hybridized carbons (Fsp3) is 0.412. The van der Waals surface area contributed by atoms with Gasteiger partial charge in [0.1, 0.15) is 5.82 Å². The monoisotopic (exact) mass is 328 g/mol. The molecule has 0 bridgehead atoms. The number of nitrogens with one attached hydrogen (secondary N) is 1. The molecule has 0 unspecified atom stereocenters. The van der Waals surface area contributed by atoms with Crippen LogP contribution < -0.4 is 20.5 Å². The van der Waals surface area contributed by atoms with Crippen LogP contribution in [0.3, 0.4) is 0 Å². The third kappa shape index (κ3) is 3.07. The molecule has 0 radical (unpaired) electrons. The zero-order valence-electron chi connectivity index (χ0n) is 13.2. The predicted molar refractivity (Wildman–Crippen MR) is 89.2 cm³/mol. The van der Waals surface area contributed by atoms with Crippen molar-refractivity contribution in [2.45, 2.75) is 31.3 Å². The number of nitrogens with two attached hydrogens (primary N) is 1. The second-order valence-electron chi connectivity index (χ2n) is 6.22. The molecule has 0 amide bonds. The quantitative estimate of drug-likeness (QED) is 0.767. The van der Waals surface area contributed by atoms with Crippen LogP contribution in [0.2, 0.25) is 0 Å². The molecule has 0 saturated heterocycles. The van der Waals surface area contributed by atoms with E-state index in [1.54, 1.807) is 0 Å². The van der Waals surface area contributed by atoms with Crippen LogP contribution in [0.5, 0.6) is 11.5 Å². The average molecular weight is 328 g/mol. The molecule has 0 spiro atoms. The van der Waals surface area contributed by atoms with E-state index in [0.29, 0.717) is 0 Å². The van der Waals surface area contributed by atoms with Gasteiger partial charge in [-0.15, -0.1) is 0 Å². The second kappa shape index (κ2) is 6.16.